The van der Waals surface area contributed by atoms with E-state index in [4.69, 9.17) is 5.11 Å². The Hall–Kier alpha value is -0.840. The molecule has 4 nitrogen and oxygen atoms in total. The van der Waals surface area contributed by atoms with Gasteiger partial charge in [0.15, 0.2) is 5.16 Å². The van der Waals surface area contributed by atoms with Gasteiger partial charge in [0.2, 0.25) is 0 Å². The van der Waals surface area contributed by atoms with Crippen LogP contribution in [0, 0.1) is 0 Å². The Balaban J connectivity index is 3.08. The van der Waals surface area contributed by atoms with Crippen molar-refractivity contribution in [3.8, 4) is 6.01 Å². The molecule has 0 radical (unpaired) electrons. The first-order chi connectivity index (χ1) is 3.79. The van der Waals surface area contributed by atoms with Gasteiger partial charge in [-0.2, -0.15) is 9.97 Å². The molecule has 0 saturated heterocycles. The molecule has 0 fully saturated rings. The summed E-state index contributed by atoms with van der Waals surface area (Å²) in [6.45, 7) is 0. The average Bonchev–Trinajstić information content (AvgIpc) is 1.64. The van der Waals surface area contributed by atoms with Gasteiger partial charge in [0.1, 0.15) is 6.33 Å². The van der Waals surface area contributed by atoms with Crippen LogP contribution in [0.3, 0.4) is 0 Å². The Bertz CT molecular complexity index is 174. The zero-order chi connectivity index (χ0) is 5.98. The van der Waals surface area contributed by atoms with Crippen molar-refractivity contribution in [2.24, 2.45) is 0 Å². The highest BCUT2D eigenvalue weighted by Crippen LogP contribution is 1.98. The van der Waals surface area contributed by atoms with Gasteiger partial charge < -0.3 is 5.11 Å². The first-order valence-corrected chi connectivity index (χ1v) is 2.31. The van der Waals surface area contributed by atoms with Crippen LogP contribution in [0.2, 0.25) is 0 Å². The van der Waals surface area contributed by atoms with E-state index < -0.39 is 0 Å². The third-order valence-electron chi connectivity index (χ3n) is 0.546. The van der Waals surface area contributed by atoms with E-state index >= 15 is 0 Å². The molecule has 1 heterocycles. The molecule has 0 aliphatic carbocycles. The fourth-order valence-electron chi connectivity index (χ4n) is 0.279. The van der Waals surface area contributed by atoms with E-state index in [1.807, 2.05) is 0 Å². The molecule has 1 aromatic heterocycles. The highest BCUT2D eigenvalue weighted by molar-refractivity contribution is 7.80. The molecule has 8 heavy (non-hydrogen) atoms. The van der Waals surface area contributed by atoms with Crippen LogP contribution in [0.5, 0.6) is 6.01 Å². The Kier molecular flexibility index (Phi) is 1.29. The molecule has 0 spiro atoms. The molecule has 0 unspecified atom stereocenters. The molecule has 1 rings (SSSR count). The number of nitrogens with zero attached hydrogens (tertiary/aromatic N) is 3. The second-order valence-electron chi connectivity index (χ2n) is 1.09. The monoisotopic (exact) mass is 129 g/mol. The largest absolute Gasteiger partial charge is 0.479 e. The Morgan fingerprint density at radius 2 is 2.25 bits per heavy atom. The summed E-state index contributed by atoms with van der Waals surface area (Å²) >= 11 is 3.73. The fraction of sp³-hybridized carbons (Fsp3) is 0. The molecular weight excluding hydrogens is 126 g/mol. The third-order valence-corrected chi connectivity index (χ3v) is 0.762. The number of rotatable bonds is 0. The summed E-state index contributed by atoms with van der Waals surface area (Å²) in [5.74, 6) is 0. The molecule has 1 aromatic rings. The van der Waals surface area contributed by atoms with E-state index in [1.54, 1.807) is 0 Å². The van der Waals surface area contributed by atoms with Gasteiger partial charge in [-0.05, 0) is 0 Å². The van der Waals surface area contributed by atoms with Crippen LogP contribution < -0.4 is 0 Å². The van der Waals surface area contributed by atoms with Crippen molar-refractivity contribution in [3.05, 3.63) is 6.33 Å². The zero-order valence-electron chi connectivity index (χ0n) is 3.81. The van der Waals surface area contributed by atoms with Gasteiger partial charge in [0.05, 0.1) is 0 Å². The molecule has 0 atom stereocenters. The first kappa shape index (κ1) is 5.30. The first-order valence-electron chi connectivity index (χ1n) is 1.86. The van der Waals surface area contributed by atoms with Crippen molar-refractivity contribution in [3.63, 3.8) is 0 Å². The second-order valence-corrected chi connectivity index (χ2v) is 1.49. The molecule has 0 saturated carbocycles. The van der Waals surface area contributed by atoms with Gasteiger partial charge >= 0.3 is 6.01 Å². The summed E-state index contributed by atoms with van der Waals surface area (Å²) < 4.78 is 0. The lowest BCUT2D eigenvalue weighted by atomic mass is 11.0. The van der Waals surface area contributed by atoms with Gasteiger partial charge in [-0.3, -0.25) is 0 Å². The number of hydrogen-bond acceptors (Lipinski definition) is 5. The zero-order valence-corrected chi connectivity index (χ0v) is 4.71. The van der Waals surface area contributed by atoms with E-state index in [0.29, 0.717) is 0 Å². The Morgan fingerprint density at radius 3 is 2.62 bits per heavy atom. The van der Waals surface area contributed by atoms with E-state index in [9.17, 15) is 0 Å². The normalized spacial score (nSPS) is 9.12. The molecule has 0 aliphatic heterocycles. The lowest BCUT2D eigenvalue weighted by molar-refractivity contribution is 0.420. The lowest BCUT2D eigenvalue weighted by Crippen LogP contribution is -1.83. The molecule has 0 amide bonds. The quantitative estimate of drug-likeness (QED) is 0.479. The van der Waals surface area contributed by atoms with Crippen molar-refractivity contribution in [1.29, 1.82) is 0 Å². The minimum atomic E-state index is -0.301. The van der Waals surface area contributed by atoms with E-state index in [0.717, 1.165) is 0 Å². The Labute approximate surface area is 51.0 Å². The molecule has 42 valence electrons. The van der Waals surface area contributed by atoms with Crippen LogP contribution in [0.1, 0.15) is 0 Å². The minimum absolute atomic E-state index is 0.220. The van der Waals surface area contributed by atoms with Crippen LogP contribution >= 0.6 is 12.6 Å². The van der Waals surface area contributed by atoms with E-state index in [-0.39, 0.29) is 11.2 Å². The SMILES string of the molecule is Oc1ncnc(S)n1. The Morgan fingerprint density at radius 1 is 1.50 bits per heavy atom. The van der Waals surface area contributed by atoms with E-state index in [1.165, 1.54) is 6.33 Å². The highest BCUT2D eigenvalue weighted by Gasteiger charge is 1.88. The van der Waals surface area contributed by atoms with E-state index in [2.05, 4.69) is 27.6 Å². The van der Waals surface area contributed by atoms with Gasteiger partial charge in [-0.25, -0.2) is 4.98 Å². The summed E-state index contributed by atoms with van der Waals surface area (Å²) in [4.78, 5) is 10.2. The van der Waals surface area contributed by atoms with Gasteiger partial charge in [0.25, 0.3) is 0 Å². The van der Waals surface area contributed by atoms with Crippen LogP contribution in [0.15, 0.2) is 11.5 Å². The number of thiol groups is 1. The minimum Gasteiger partial charge on any atom is -0.479 e. The fourth-order valence-corrected chi connectivity index (χ4v) is 0.420. The third kappa shape index (κ3) is 1.06. The number of hydrogen-bond donors (Lipinski definition) is 2. The molecular formula is C3H3N3OS. The summed E-state index contributed by atoms with van der Waals surface area (Å²) in [5.41, 5.74) is 0. The summed E-state index contributed by atoms with van der Waals surface area (Å²) in [5, 5.41) is 8.72. The van der Waals surface area contributed by atoms with Crippen molar-refractivity contribution < 1.29 is 5.11 Å². The molecule has 0 aliphatic rings. The number of aromatic nitrogens is 3. The summed E-state index contributed by atoms with van der Waals surface area (Å²) in [6.07, 6.45) is 1.19. The van der Waals surface area contributed by atoms with Gasteiger partial charge in [-0.15, -0.1) is 12.6 Å². The van der Waals surface area contributed by atoms with Crippen molar-refractivity contribution in [2.45, 2.75) is 5.16 Å². The summed E-state index contributed by atoms with van der Waals surface area (Å²) in [6, 6.07) is -0.301. The lowest BCUT2D eigenvalue weighted by Gasteiger charge is -1.86. The molecule has 0 bridgehead atoms. The van der Waals surface area contributed by atoms with Crippen LogP contribution in [0.4, 0.5) is 0 Å². The highest BCUT2D eigenvalue weighted by atomic mass is 32.1. The van der Waals surface area contributed by atoms with Crippen LogP contribution in [0.25, 0.3) is 0 Å². The topological polar surface area (TPSA) is 58.9 Å². The standard InChI is InChI=1S/C3H3N3OS/c7-2-4-1-5-3(8)6-2/h1H,(H2,4,5,6,7,8). The van der Waals surface area contributed by atoms with Crippen molar-refractivity contribution in [2.75, 3.05) is 0 Å². The predicted molar refractivity (Wildman–Crippen MR) is 28.7 cm³/mol. The smallest absolute Gasteiger partial charge is 0.317 e. The molecule has 1 N–H and O–H groups in total. The maximum absolute atomic E-state index is 8.50. The molecule has 5 heteroatoms. The predicted octanol–water partition coefficient (Wildman–Crippen LogP) is -0.134. The maximum Gasteiger partial charge on any atom is 0.317 e. The van der Waals surface area contributed by atoms with Crippen LogP contribution in [-0.4, -0.2) is 20.1 Å². The van der Waals surface area contributed by atoms with Gasteiger partial charge in [-0.1, -0.05) is 0 Å². The van der Waals surface area contributed by atoms with Crippen molar-refractivity contribution >= 4 is 12.6 Å². The average molecular weight is 129 g/mol. The second kappa shape index (κ2) is 1.95. The summed E-state index contributed by atoms with van der Waals surface area (Å²) in [7, 11) is 0. The maximum atomic E-state index is 8.50. The van der Waals surface area contributed by atoms with Crippen LogP contribution in [-0.2, 0) is 0 Å². The van der Waals surface area contributed by atoms with Gasteiger partial charge in [0, 0.05) is 0 Å². The molecule has 0 aromatic carbocycles. The van der Waals surface area contributed by atoms with Crippen molar-refractivity contribution in [1.82, 2.24) is 15.0 Å². The number of aromatic hydroxyl groups is 1.